The minimum Gasteiger partial charge on any atom is -0.316 e. The van der Waals surface area contributed by atoms with Crippen molar-refractivity contribution in [2.45, 2.75) is 44.8 Å². The molecule has 1 fully saturated rings. The molecule has 0 radical (unpaired) electrons. The van der Waals surface area contributed by atoms with E-state index < -0.39 is 0 Å². The lowest BCUT2D eigenvalue weighted by Crippen LogP contribution is -2.29. The van der Waals surface area contributed by atoms with Gasteiger partial charge in [0.05, 0.1) is 0 Å². The number of nitrogens with one attached hydrogen (secondary N) is 2. The van der Waals surface area contributed by atoms with Crippen molar-refractivity contribution in [2.75, 3.05) is 31.9 Å². The molecule has 0 spiro atoms. The molecule has 0 bridgehead atoms. The predicted molar refractivity (Wildman–Crippen MR) is 75.3 cm³/mol. The fourth-order valence-electron chi connectivity index (χ4n) is 1.96. The van der Waals surface area contributed by atoms with Crippen LogP contribution in [0.2, 0.25) is 0 Å². The molecule has 1 aliphatic rings. The van der Waals surface area contributed by atoms with Gasteiger partial charge < -0.3 is 10.6 Å². The molecule has 1 saturated heterocycles. The standard InChI is InChI=1S/C13H28N2S/c1-12(2)10-14-7-5-8-15-11-13-6-3-4-9-16-13/h12-15H,3-11H2,1-2H3. The van der Waals surface area contributed by atoms with E-state index in [1.807, 2.05) is 0 Å². The molecule has 0 aromatic rings. The van der Waals surface area contributed by atoms with Crippen molar-refractivity contribution in [2.24, 2.45) is 5.92 Å². The molecule has 16 heavy (non-hydrogen) atoms. The van der Waals surface area contributed by atoms with Gasteiger partial charge in [-0.25, -0.2) is 0 Å². The first-order chi connectivity index (χ1) is 7.79. The van der Waals surface area contributed by atoms with Crippen molar-refractivity contribution in [3.05, 3.63) is 0 Å². The van der Waals surface area contributed by atoms with Gasteiger partial charge in [-0.1, -0.05) is 20.3 Å². The molecule has 1 rings (SSSR count). The highest BCUT2D eigenvalue weighted by Gasteiger charge is 2.12. The quantitative estimate of drug-likeness (QED) is 0.642. The van der Waals surface area contributed by atoms with Crippen LogP contribution in [0.1, 0.15) is 39.5 Å². The van der Waals surface area contributed by atoms with Gasteiger partial charge in [-0.05, 0) is 50.6 Å². The van der Waals surface area contributed by atoms with Crippen LogP contribution in [0, 0.1) is 5.92 Å². The second-order valence-electron chi connectivity index (χ2n) is 5.14. The maximum Gasteiger partial charge on any atom is 0.0172 e. The highest BCUT2D eigenvalue weighted by Crippen LogP contribution is 2.24. The van der Waals surface area contributed by atoms with E-state index in [9.17, 15) is 0 Å². The molecule has 3 heteroatoms. The molecule has 1 unspecified atom stereocenters. The monoisotopic (exact) mass is 244 g/mol. The first-order valence-corrected chi connectivity index (χ1v) is 7.87. The minimum atomic E-state index is 0.770. The van der Waals surface area contributed by atoms with Crippen molar-refractivity contribution >= 4 is 11.8 Å². The molecule has 1 heterocycles. The topological polar surface area (TPSA) is 24.1 Å². The maximum atomic E-state index is 3.58. The Hall–Kier alpha value is 0.270. The molecule has 0 aromatic heterocycles. The molecular formula is C13H28N2S. The van der Waals surface area contributed by atoms with Gasteiger partial charge in [0, 0.05) is 11.8 Å². The average Bonchev–Trinajstić information content (AvgIpc) is 2.29. The molecule has 0 aromatic carbocycles. The molecule has 96 valence electrons. The minimum absolute atomic E-state index is 0.770. The third-order valence-corrected chi connectivity index (χ3v) is 4.30. The van der Waals surface area contributed by atoms with Crippen LogP contribution in [0.5, 0.6) is 0 Å². The van der Waals surface area contributed by atoms with Gasteiger partial charge in [-0.3, -0.25) is 0 Å². The van der Waals surface area contributed by atoms with Crippen molar-refractivity contribution in [1.82, 2.24) is 10.6 Å². The van der Waals surface area contributed by atoms with Crippen LogP contribution in [0.3, 0.4) is 0 Å². The Morgan fingerprint density at radius 3 is 2.69 bits per heavy atom. The Morgan fingerprint density at radius 1 is 1.19 bits per heavy atom. The zero-order valence-electron chi connectivity index (χ0n) is 10.9. The van der Waals surface area contributed by atoms with Crippen LogP contribution in [0.15, 0.2) is 0 Å². The second kappa shape index (κ2) is 9.32. The molecular weight excluding hydrogens is 216 g/mol. The molecule has 1 aliphatic heterocycles. The molecule has 1 atom stereocenters. The van der Waals surface area contributed by atoms with Gasteiger partial charge >= 0.3 is 0 Å². The third-order valence-electron chi connectivity index (χ3n) is 2.91. The van der Waals surface area contributed by atoms with E-state index in [1.54, 1.807) is 0 Å². The summed E-state index contributed by atoms with van der Waals surface area (Å²) in [4.78, 5) is 0. The molecule has 2 N–H and O–H groups in total. The number of rotatable bonds is 8. The van der Waals surface area contributed by atoms with Crippen molar-refractivity contribution in [1.29, 1.82) is 0 Å². The van der Waals surface area contributed by atoms with Gasteiger partial charge in [-0.15, -0.1) is 0 Å². The summed E-state index contributed by atoms with van der Waals surface area (Å²) >= 11 is 2.16. The van der Waals surface area contributed by atoms with Crippen LogP contribution < -0.4 is 10.6 Å². The summed E-state index contributed by atoms with van der Waals surface area (Å²) in [6.45, 7) is 9.20. The normalized spacial score (nSPS) is 21.6. The van der Waals surface area contributed by atoms with Crippen molar-refractivity contribution in [3.8, 4) is 0 Å². The fourth-order valence-corrected chi connectivity index (χ4v) is 3.23. The fraction of sp³-hybridized carbons (Fsp3) is 1.00. The Morgan fingerprint density at radius 2 is 2.00 bits per heavy atom. The van der Waals surface area contributed by atoms with Crippen molar-refractivity contribution in [3.63, 3.8) is 0 Å². The average molecular weight is 244 g/mol. The zero-order chi connectivity index (χ0) is 11.6. The Balaban J connectivity index is 1.80. The first-order valence-electron chi connectivity index (χ1n) is 6.82. The molecule has 0 amide bonds. The molecule has 0 saturated carbocycles. The second-order valence-corrected chi connectivity index (χ2v) is 6.55. The third kappa shape index (κ3) is 7.53. The van der Waals surface area contributed by atoms with Crippen LogP contribution in [-0.2, 0) is 0 Å². The highest BCUT2D eigenvalue weighted by atomic mass is 32.2. The van der Waals surface area contributed by atoms with Gasteiger partial charge in [0.2, 0.25) is 0 Å². The Labute approximate surface area is 105 Å². The van der Waals surface area contributed by atoms with E-state index in [2.05, 4.69) is 36.2 Å². The summed E-state index contributed by atoms with van der Waals surface area (Å²) in [6.07, 6.45) is 5.54. The van der Waals surface area contributed by atoms with E-state index in [4.69, 9.17) is 0 Å². The van der Waals surface area contributed by atoms with E-state index in [1.165, 1.54) is 44.5 Å². The highest BCUT2D eigenvalue weighted by molar-refractivity contribution is 7.99. The molecule has 0 aliphatic carbocycles. The van der Waals surface area contributed by atoms with Gasteiger partial charge in [-0.2, -0.15) is 11.8 Å². The summed E-state index contributed by atoms with van der Waals surface area (Å²) in [5, 5.41) is 7.95. The number of hydrogen-bond acceptors (Lipinski definition) is 3. The number of hydrogen-bond donors (Lipinski definition) is 2. The van der Waals surface area contributed by atoms with Gasteiger partial charge in [0.1, 0.15) is 0 Å². The summed E-state index contributed by atoms with van der Waals surface area (Å²) in [5.41, 5.74) is 0. The van der Waals surface area contributed by atoms with E-state index in [-0.39, 0.29) is 0 Å². The summed E-state index contributed by atoms with van der Waals surface area (Å²) in [5.74, 6) is 2.15. The van der Waals surface area contributed by atoms with E-state index in [0.29, 0.717) is 0 Å². The zero-order valence-corrected chi connectivity index (χ0v) is 11.7. The van der Waals surface area contributed by atoms with E-state index >= 15 is 0 Å². The van der Waals surface area contributed by atoms with E-state index in [0.717, 1.165) is 24.3 Å². The predicted octanol–water partition coefficient (Wildman–Crippen LogP) is 2.50. The number of thioether (sulfide) groups is 1. The SMILES string of the molecule is CC(C)CNCCCNCC1CCCCS1. The summed E-state index contributed by atoms with van der Waals surface area (Å²) in [7, 11) is 0. The van der Waals surface area contributed by atoms with Gasteiger partial charge in [0.25, 0.3) is 0 Å². The Bertz CT molecular complexity index is 156. The maximum absolute atomic E-state index is 3.58. The summed E-state index contributed by atoms with van der Waals surface area (Å²) in [6, 6.07) is 0. The Kier molecular flexibility index (Phi) is 8.34. The van der Waals surface area contributed by atoms with Crippen molar-refractivity contribution < 1.29 is 0 Å². The molecule has 2 nitrogen and oxygen atoms in total. The van der Waals surface area contributed by atoms with Crippen LogP contribution in [0.25, 0.3) is 0 Å². The lowest BCUT2D eigenvalue weighted by atomic mass is 10.2. The largest absolute Gasteiger partial charge is 0.316 e. The first kappa shape index (κ1) is 14.3. The van der Waals surface area contributed by atoms with Crippen LogP contribution in [-0.4, -0.2) is 37.2 Å². The lowest BCUT2D eigenvalue weighted by Gasteiger charge is -2.21. The lowest BCUT2D eigenvalue weighted by molar-refractivity contribution is 0.525. The smallest absolute Gasteiger partial charge is 0.0172 e. The van der Waals surface area contributed by atoms with Crippen LogP contribution >= 0.6 is 11.8 Å². The summed E-state index contributed by atoms with van der Waals surface area (Å²) < 4.78 is 0. The van der Waals surface area contributed by atoms with Gasteiger partial charge in [0.15, 0.2) is 0 Å². The van der Waals surface area contributed by atoms with Crippen LogP contribution in [0.4, 0.5) is 0 Å².